The Morgan fingerprint density at radius 3 is 2.46 bits per heavy atom. The molecule has 2 bridgehead atoms. The van der Waals surface area contributed by atoms with Crippen LogP contribution in [0.1, 0.15) is 89.5 Å². The molecule has 2 unspecified atom stereocenters. The third-order valence-corrected chi connectivity index (χ3v) is 10.9. The molecule has 0 saturated carbocycles. The minimum atomic E-state index is -0.705. The number of nitrogens with zero attached hydrogens (tertiary/aromatic N) is 5. The Hall–Kier alpha value is -4.33. The zero-order valence-electron chi connectivity index (χ0n) is 30.3. The van der Waals surface area contributed by atoms with Gasteiger partial charge in [0.1, 0.15) is 34.7 Å². The second-order valence-electron chi connectivity index (χ2n) is 15.1. The summed E-state index contributed by atoms with van der Waals surface area (Å²) in [6, 6.07) is 6.39. The van der Waals surface area contributed by atoms with E-state index in [0.29, 0.717) is 34.1 Å². The number of rotatable bonds is 15. The number of likely N-dealkylation sites (tertiary alicyclic amines) is 1. The SMILES string of the molecule is C#Cc1c(F)ccc2cc(O)cc(-c3ncc4c(N5CC6CCC(C5)N6)nc(O[C@H]5CCN(CCCCCCCCCCC(=C)C)C5)nc4c3F)c12. The first kappa shape index (κ1) is 36.0. The predicted molar refractivity (Wildman–Crippen MR) is 204 cm³/mol. The van der Waals surface area contributed by atoms with Crippen LogP contribution in [-0.2, 0) is 0 Å². The molecule has 4 aromatic rings. The highest BCUT2D eigenvalue weighted by molar-refractivity contribution is 6.03. The number of hydrogen-bond donors (Lipinski definition) is 2. The molecule has 5 heterocycles. The highest BCUT2D eigenvalue weighted by Crippen LogP contribution is 2.39. The van der Waals surface area contributed by atoms with Gasteiger partial charge in [-0.1, -0.05) is 56.1 Å². The minimum absolute atomic E-state index is 0.0201. The van der Waals surface area contributed by atoms with Crippen molar-refractivity contribution in [3.05, 3.63) is 59.8 Å². The van der Waals surface area contributed by atoms with Gasteiger partial charge in [0.2, 0.25) is 0 Å². The molecule has 2 aromatic carbocycles. The number of anilines is 1. The minimum Gasteiger partial charge on any atom is -0.508 e. The average molecular weight is 709 g/mol. The lowest BCUT2D eigenvalue weighted by molar-refractivity contribution is 0.185. The van der Waals surface area contributed by atoms with E-state index in [-0.39, 0.29) is 40.2 Å². The molecule has 2 N–H and O–H groups in total. The first-order valence-corrected chi connectivity index (χ1v) is 19.1. The van der Waals surface area contributed by atoms with Crippen LogP contribution in [0.25, 0.3) is 32.9 Å². The van der Waals surface area contributed by atoms with Crippen LogP contribution in [0.4, 0.5) is 14.6 Å². The molecule has 0 radical (unpaired) electrons. The maximum Gasteiger partial charge on any atom is 0.319 e. The number of hydrogen-bond acceptors (Lipinski definition) is 8. The fourth-order valence-corrected chi connectivity index (χ4v) is 8.29. The molecule has 3 fully saturated rings. The van der Waals surface area contributed by atoms with Crippen molar-refractivity contribution < 1.29 is 18.6 Å². The summed E-state index contributed by atoms with van der Waals surface area (Å²) >= 11 is 0. The van der Waals surface area contributed by atoms with E-state index < -0.39 is 11.6 Å². The van der Waals surface area contributed by atoms with Crippen molar-refractivity contribution in [1.29, 1.82) is 0 Å². The fraction of sp³-hybridized carbons (Fsp3) is 0.500. The maximum absolute atomic E-state index is 16.9. The Labute approximate surface area is 305 Å². The summed E-state index contributed by atoms with van der Waals surface area (Å²) in [4.78, 5) is 18.7. The highest BCUT2D eigenvalue weighted by Gasteiger charge is 2.35. The van der Waals surface area contributed by atoms with Gasteiger partial charge < -0.3 is 20.1 Å². The second-order valence-corrected chi connectivity index (χ2v) is 15.1. The lowest BCUT2D eigenvalue weighted by atomic mass is 9.96. The highest BCUT2D eigenvalue weighted by atomic mass is 19.1. The van der Waals surface area contributed by atoms with Crippen LogP contribution in [0.3, 0.4) is 0 Å². The number of ether oxygens (including phenoxy) is 1. The Balaban J connectivity index is 1.09. The summed E-state index contributed by atoms with van der Waals surface area (Å²) in [6.07, 6.45) is 21.5. The van der Waals surface area contributed by atoms with E-state index in [9.17, 15) is 9.50 Å². The van der Waals surface area contributed by atoms with E-state index in [2.05, 4.69) is 44.5 Å². The van der Waals surface area contributed by atoms with Crippen molar-refractivity contribution in [2.24, 2.45) is 0 Å². The number of pyridine rings is 1. The molecule has 7 rings (SSSR count). The summed E-state index contributed by atoms with van der Waals surface area (Å²) in [5.41, 5.74) is 1.44. The molecule has 2 aromatic heterocycles. The number of terminal acetylenes is 1. The number of unbranched alkanes of at least 4 members (excludes halogenated alkanes) is 7. The molecular weight excluding hydrogens is 658 g/mol. The number of aromatic hydroxyl groups is 1. The summed E-state index contributed by atoms with van der Waals surface area (Å²) in [5, 5.41) is 15.5. The number of allylic oxidation sites excluding steroid dienone is 1. The summed E-state index contributed by atoms with van der Waals surface area (Å²) < 4.78 is 38.2. The molecule has 52 heavy (non-hydrogen) atoms. The number of nitrogens with one attached hydrogen (secondary N) is 1. The van der Waals surface area contributed by atoms with E-state index in [4.69, 9.17) is 16.1 Å². The van der Waals surface area contributed by atoms with E-state index in [1.807, 2.05) is 0 Å². The van der Waals surface area contributed by atoms with E-state index >= 15 is 4.39 Å². The molecule has 0 amide bonds. The molecule has 3 aliphatic heterocycles. The number of aromatic nitrogens is 3. The quantitative estimate of drug-likeness (QED) is 0.0725. The van der Waals surface area contributed by atoms with Crippen LogP contribution in [0, 0.1) is 24.0 Å². The number of piperazine rings is 1. The van der Waals surface area contributed by atoms with Gasteiger partial charge in [-0.25, -0.2) is 8.78 Å². The van der Waals surface area contributed by atoms with E-state index in [1.165, 1.54) is 81.2 Å². The average Bonchev–Trinajstić information content (AvgIpc) is 3.72. The van der Waals surface area contributed by atoms with E-state index in [0.717, 1.165) is 58.4 Å². The lowest BCUT2D eigenvalue weighted by Crippen LogP contribution is -2.51. The molecule has 274 valence electrons. The Bertz CT molecular complexity index is 1970. The van der Waals surface area contributed by atoms with Gasteiger partial charge in [-0.15, -0.1) is 13.0 Å². The van der Waals surface area contributed by atoms with Gasteiger partial charge in [0, 0.05) is 55.4 Å². The van der Waals surface area contributed by atoms with Crippen LogP contribution >= 0.6 is 0 Å². The molecule has 3 atom stereocenters. The number of halogens is 2. The fourth-order valence-electron chi connectivity index (χ4n) is 8.29. The Morgan fingerprint density at radius 1 is 1.00 bits per heavy atom. The number of phenolic OH excluding ortho intramolecular Hbond substituents is 1. The van der Waals surface area contributed by atoms with Crippen LogP contribution < -0.4 is 15.0 Å². The van der Waals surface area contributed by atoms with Gasteiger partial charge in [-0.2, -0.15) is 9.97 Å². The Kier molecular flexibility index (Phi) is 11.2. The van der Waals surface area contributed by atoms with Crippen LogP contribution in [-0.4, -0.2) is 75.9 Å². The molecule has 10 heteroatoms. The number of fused-ring (bicyclic) bond motifs is 4. The molecular formula is C42H50F2N6O2. The second kappa shape index (κ2) is 16.1. The third kappa shape index (κ3) is 8.01. The van der Waals surface area contributed by atoms with Crippen molar-refractivity contribution >= 4 is 27.5 Å². The van der Waals surface area contributed by atoms with Crippen LogP contribution in [0.2, 0.25) is 0 Å². The summed E-state index contributed by atoms with van der Waals surface area (Å²) in [5.74, 6) is 1.57. The van der Waals surface area contributed by atoms with Crippen molar-refractivity contribution in [1.82, 2.24) is 25.2 Å². The van der Waals surface area contributed by atoms with Crippen molar-refractivity contribution in [2.45, 2.75) is 102 Å². The van der Waals surface area contributed by atoms with Gasteiger partial charge in [-0.05, 0) is 75.6 Å². The summed E-state index contributed by atoms with van der Waals surface area (Å²) in [6.45, 7) is 10.3. The third-order valence-electron chi connectivity index (χ3n) is 10.9. The van der Waals surface area contributed by atoms with Crippen molar-refractivity contribution in [2.75, 3.05) is 37.6 Å². The van der Waals surface area contributed by atoms with E-state index in [1.54, 1.807) is 6.20 Å². The topological polar surface area (TPSA) is 86.6 Å². The molecule has 0 aliphatic carbocycles. The molecule has 3 aliphatic rings. The maximum atomic E-state index is 16.9. The first-order chi connectivity index (χ1) is 25.3. The van der Waals surface area contributed by atoms with Crippen LogP contribution in [0.15, 0.2) is 42.6 Å². The van der Waals surface area contributed by atoms with Gasteiger partial charge in [0.15, 0.2) is 5.82 Å². The zero-order chi connectivity index (χ0) is 36.2. The standard InChI is InChI=1S/C42H50F2N6O2/c1-4-33-36(43)17-14-28-21-31(51)22-34(37(28)33)39-38(44)40-35(23-45-39)41(50-24-29-15-16-30(25-50)46-29)48-42(47-40)52-32-18-20-49(26-32)19-12-10-8-6-5-7-9-11-13-27(2)3/h1,14,17,21-23,29-30,32,46,51H,2,5-13,15-16,18-20,24-26H2,3H3/t29?,30?,32-/m0/s1. The normalized spacial score (nSPS) is 20.2. The van der Waals surface area contributed by atoms with Gasteiger partial charge >= 0.3 is 6.01 Å². The van der Waals surface area contributed by atoms with Gasteiger partial charge in [0.25, 0.3) is 0 Å². The molecule has 3 saturated heterocycles. The molecule has 0 spiro atoms. The summed E-state index contributed by atoms with van der Waals surface area (Å²) in [7, 11) is 0. The number of benzene rings is 2. The largest absolute Gasteiger partial charge is 0.508 e. The smallest absolute Gasteiger partial charge is 0.319 e. The van der Waals surface area contributed by atoms with Crippen molar-refractivity contribution in [3.8, 4) is 35.4 Å². The van der Waals surface area contributed by atoms with Crippen LogP contribution in [0.5, 0.6) is 11.8 Å². The zero-order valence-corrected chi connectivity index (χ0v) is 30.3. The number of phenols is 1. The first-order valence-electron chi connectivity index (χ1n) is 19.1. The van der Waals surface area contributed by atoms with Gasteiger partial charge in [0.05, 0.1) is 10.9 Å². The predicted octanol–water partition coefficient (Wildman–Crippen LogP) is 8.29. The Morgan fingerprint density at radius 2 is 1.73 bits per heavy atom. The monoisotopic (exact) mass is 708 g/mol. The molecule has 8 nitrogen and oxygen atoms in total. The van der Waals surface area contributed by atoms with Gasteiger partial charge in [-0.3, -0.25) is 9.88 Å². The van der Waals surface area contributed by atoms with Crippen molar-refractivity contribution in [3.63, 3.8) is 0 Å². The lowest BCUT2D eigenvalue weighted by Gasteiger charge is -2.34.